The number of aliphatic hydroxyl groups is 2. The van der Waals surface area contributed by atoms with Crippen LogP contribution in [0, 0.1) is 0 Å². The summed E-state index contributed by atoms with van der Waals surface area (Å²) in [6, 6.07) is 5.51. The van der Waals surface area contributed by atoms with Crippen molar-refractivity contribution in [2.75, 3.05) is 19.0 Å². The number of phenolic OH excluding ortho intramolecular Hbond substituents is 2. The zero-order valence-electron chi connectivity index (χ0n) is 29.0. The number of nitrogens with two attached hydrogens (primary N) is 1. The lowest BCUT2D eigenvalue weighted by Crippen LogP contribution is -2.59. The summed E-state index contributed by atoms with van der Waals surface area (Å²) in [7, 11) is 0. The largest absolute Gasteiger partial charge is 0.508 e. The van der Waals surface area contributed by atoms with E-state index in [1.165, 1.54) is 53.4 Å². The summed E-state index contributed by atoms with van der Waals surface area (Å²) in [5.41, 5.74) is 7.09. The molecule has 6 atom stereocenters. The van der Waals surface area contributed by atoms with Crippen LogP contribution in [0.1, 0.15) is 62.5 Å². The first-order valence-corrected chi connectivity index (χ1v) is 18.0. The Morgan fingerprint density at radius 2 is 1.33 bits per heavy atom. The first-order chi connectivity index (χ1) is 24.8. The number of likely N-dealkylation sites (tertiary alicyclic amines) is 1. The number of carbonyl (C=O) groups excluding carboxylic acids is 4. The molecule has 1 heterocycles. The number of hydrogen-bond donors (Lipinski definition) is 9. The number of amides is 4. The maximum atomic E-state index is 13.7. The predicted molar refractivity (Wildman–Crippen MR) is 191 cm³/mol. The van der Waals surface area contributed by atoms with Crippen molar-refractivity contribution in [1.29, 1.82) is 0 Å². The molecule has 15 nitrogen and oxygen atoms in total. The van der Waals surface area contributed by atoms with Crippen LogP contribution in [-0.2, 0) is 36.8 Å². The lowest BCUT2D eigenvalue weighted by atomic mass is 10.0. The standard InChI is InChI=1S/C36H50ClN5O10/c37-17-5-3-1-2-4-7-26(38)31(46)34(49)41-29(21-43)35(50)42-18-6-8-30(42)33(48)39-27(19-22-9-13-24(44)14-10-22)32(47)40-28(36(51)52)20-23-11-15-25(45)16-12-23/h9-16,26-31,43-46H,1-8,17-21,38H2,(H,39,48)(H,40,47)(H,41,49)(H,51,52). The number of nitrogens with one attached hydrogen (secondary N) is 3. The van der Waals surface area contributed by atoms with Crippen LogP contribution in [0.5, 0.6) is 11.5 Å². The topological polar surface area (TPSA) is 252 Å². The zero-order chi connectivity index (χ0) is 38.2. The number of phenols is 2. The number of hydrogen-bond acceptors (Lipinski definition) is 10. The van der Waals surface area contributed by atoms with E-state index in [1.807, 2.05) is 0 Å². The second-order valence-electron chi connectivity index (χ2n) is 13.0. The van der Waals surface area contributed by atoms with E-state index in [1.54, 1.807) is 0 Å². The average Bonchev–Trinajstić information content (AvgIpc) is 3.63. The third-order valence-corrected chi connectivity index (χ3v) is 9.25. The number of alkyl halides is 1. The third-order valence-electron chi connectivity index (χ3n) is 8.98. The van der Waals surface area contributed by atoms with Gasteiger partial charge in [0.05, 0.1) is 6.61 Å². The number of carboxylic acids is 1. The van der Waals surface area contributed by atoms with Gasteiger partial charge in [0.2, 0.25) is 17.7 Å². The van der Waals surface area contributed by atoms with Crippen molar-refractivity contribution in [2.45, 2.75) is 101 Å². The molecule has 4 amide bonds. The maximum absolute atomic E-state index is 13.7. The summed E-state index contributed by atoms with van der Waals surface area (Å²) in [6.07, 6.45) is 3.48. The first-order valence-electron chi connectivity index (χ1n) is 17.4. The van der Waals surface area contributed by atoms with Gasteiger partial charge in [0.1, 0.15) is 41.8 Å². The lowest BCUT2D eigenvalue weighted by Gasteiger charge is -2.30. The van der Waals surface area contributed by atoms with E-state index in [0.717, 1.165) is 25.7 Å². The van der Waals surface area contributed by atoms with Gasteiger partial charge in [-0.1, -0.05) is 49.9 Å². The molecule has 1 aliphatic heterocycles. The molecular weight excluding hydrogens is 698 g/mol. The third kappa shape index (κ3) is 13.0. The second kappa shape index (κ2) is 21.2. The molecule has 0 saturated carbocycles. The number of halogens is 1. The fraction of sp³-hybridized carbons (Fsp3) is 0.528. The normalized spacial score (nSPS) is 17.0. The van der Waals surface area contributed by atoms with Crippen molar-refractivity contribution in [3.8, 4) is 11.5 Å². The van der Waals surface area contributed by atoms with Crippen molar-refractivity contribution in [1.82, 2.24) is 20.9 Å². The smallest absolute Gasteiger partial charge is 0.326 e. The van der Waals surface area contributed by atoms with E-state index < -0.39 is 72.5 Å². The van der Waals surface area contributed by atoms with Gasteiger partial charge in [0, 0.05) is 31.3 Å². The van der Waals surface area contributed by atoms with Crippen LogP contribution in [0.25, 0.3) is 0 Å². The van der Waals surface area contributed by atoms with E-state index in [4.69, 9.17) is 17.3 Å². The molecule has 52 heavy (non-hydrogen) atoms. The molecule has 16 heteroatoms. The number of benzene rings is 2. The summed E-state index contributed by atoms with van der Waals surface area (Å²) < 4.78 is 0. The summed E-state index contributed by atoms with van der Waals surface area (Å²) >= 11 is 5.69. The summed E-state index contributed by atoms with van der Waals surface area (Å²) in [5.74, 6) is -4.02. The number of nitrogens with zero attached hydrogens (tertiary/aromatic N) is 1. The van der Waals surface area contributed by atoms with Gasteiger partial charge in [0.25, 0.3) is 5.91 Å². The van der Waals surface area contributed by atoms with Crippen LogP contribution in [0.4, 0.5) is 0 Å². The molecule has 1 saturated heterocycles. The SMILES string of the molecule is NC(CCCCCCCCl)C(O)C(=O)NC(CO)C(=O)N1CCCC1C(=O)NC(Cc1ccc(O)cc1)C(=O)NC(Cc1ccc(O)cc1)C(=O)O. The minimum absolute atomic E-state index is 0.0130. The van der Waals surface area contributed by atoms with E-state index in [-0.39, 0.29) is 37.3 Å². The molecule has 1 fully saturated rings. The number of aliphatic hydroxyl groups excluding tert-OH is 2. The monoisotopic (exact) mass is 747 g/mol. The van der Waals surface area contributed by atoms with Crippen molar-refractivity contribution in [3.63, 3.8) is 0 Å². The Bertz CT molecular complexity index is 1480. The van der Waals surface area contributed by atoms with Crippen molar-refractivity contribution < 1.29 is 49.5 Å². The van der Waals surface area contributed by atoms with Gasteiger partial charge in [-0.2, -0.15) is 0 Å². The molecule has 286 valence electrons. The fourth-order valence-corrected chi connectivity index (χ4v) is 6.18. The Morgan fingerprint density at radius 1 is 0.788 bits per heavy atom. The summed E-state index contributed by atoms with van der Waals surface area (Å²) in [5, 5.41) is 57.1. The zero-order valence-corrected chi connectivity index (χ0v) is 29.7. The fourth-order valence-electron chi connectivity index (χ4n) is 5.99. The number of unbranched alkanes of at least 4 members (excludes halogenated alkanes) is 4. The molecule has 0 radical (unpaired) electrons. The molecule has 0 aliphatic carbocycles. The molecule has 10 N–H and O–H groups in total. The van der Waals surface area contributed by atoms with Crippen LogP contribution in [0.15, 0.2) is 48.5 Å². The lowest BCUT2D eigenvalue weighted by molar-refractivity contribution is -0.144. The Morgan fingerprint density at radius 3 is 1.88 bits per heavy atom. The van der Waals surface area contributed by atoms with Gasteiger partial charge in [-0.3, -0.25) is 19.2 Å². The molecule has 1 aliphatic rings. The van der Waals surface area contributed by atoms with E-state index >= 15 is 0 Å². The number of aliphatic carboxylic acids is 1. The van der Waals surface area contributed by atoms with Crippen LogP contribution in [0.3, 0.4) is 0 Å². The van der Waals surface area contributed by atoms with E-state index in [2.05, 4.69) is 16.0 Å². The van der Waals surface area contributed by atoms with E-state index in [9.17, 15) is 49.5 Å². The minimum atomic E-state index is -1.63. The highest BCUT2D eigenvalue weighted by atomic mass is 35.5. The van der Waals surface area contributed by atoms with Crippen LogP contribution >= 0.6 is 11.6 Å². The molecular formula is C36H50ClN5O10. The van der Waals surface area contributed by atoms with Crippen molar-refractivity contribution >= 4 is 41.2 Å². The van der Waals surface area contributed by atoms with Crippen LogP contribution in [0.2, 0.25) is 0 Å². The number of aromatic hydroxyl groups is 2. The molecule has 3 rings (SSSR count). The number of carboxylic acid groups (broad SMARTS) is 1. The molecule has 0 aromatic heterocycles. The van der Waals surface area contributed by atoms with Crippen molar-refractivity contribution in [3.05, 3.63) is 59.7 Å². The Labute approximate surface area is 307 Å². The Hall–Kier alpha value is -4.44. The van der Waals surface area contributed by atoms with Gasteiger partial charge >= 0.3 is 5.97 Å². The van der Waals surface area contributed by atoms with Gasteiger partial charge in [0.15, 0.2) is 0 Å². The molecule has 6 unspecified atom stereocenters. The molecule has 0 bridgehead atoms. The van der Waals surface area contributed by atoms with Gasteiger partial charge in [-0.25, -0.2) is 4.79 Å². The highest BCUT2D eigenvalue weighted by molar-refractivity contribution is 6.17. The summed E-state index contributed by atoms with van der Waals surface area (Å²) in [6.45, 7) is -0.709. The maximum Gasteiger partial charge on any atom is 0.326 e. The van der Waals surface area contributed by atoms with Crippen LogP contribution < -0.4 is 21.7 Å². The van der Waals surface area contributed by atoms with Gasteiger partial charge in [-0.05, 0) is 61.1 Å². The number of rotatable bonds is 21. The summed E-state index contributed by atoms with van der Waals surface area (Å²) in [4.78, 5) is 66.9. The molecule has 0 spiro atoms. The number of carbonyl (C=O) groups is 5. The average molecular weight is 748 g/mol. The van der Waals surface area contributed by atoms with Crippen LogP contribution in [-0.4, -0.2) is 115 Å². The Kier molecular flexibility index (Phi) is 17.1. The molecule has 2 aromatic carbocycles. The highest BCUT2D eigenvalue weighted by Crippen LogP contribution is 2.20. The second-order valence-corrected chi connectivity index (χ2v) is 13.4. The predicted octanol–water partition coefficient (Wildman–Crippen LogP) is 0.673. The van der Waals surface area contributed by atoms with Gasteiger partial charge in [-0.15, -0.1) is 11.6 Å². The van der Waals surface area contributed by atoms with E-state index in [0.29, 0.717) is 36.3 Å². The minimum Gasteiger partial charge on any atom is -0.508 e. The Balaban J connectivity index is 1.69. The molecule has 2 aromatic rings. The quantitative estimate of drug-likeness (QED) is 0.0634. The van der Waals surface area contributed by atoms with Crippen molar-refractivity contribution in [2.24, 2.45) is 5.73 Å². The van der Waals surface area contributed by atoms with Gasteiger partial charge < -0.3 is 52.1 Å². The first kappa shape index (κ1) is 42.0. The highest BCUT2D eigenvalue weighted by Gasteiger charge is 2.40.